The van der Waals surface area contributed by atoms with Crippen molar-refractivity contribution < 1.29 is 23.8 Å². The van der Waals surface area contributed by atoms with E-state index in [0.29, 0.717) is 40.9 Å². The van der Waals surface area contributed by atoms with Crippen molar-refractivity contribution in [1.82, 2.24) is 9.55 Å². The summed E-state index contributed by atoms with van der Waals surface area (Å²) in [6.45, 7) is 3.81. The number of aryl methyl sites for hydroxylation is 2. The summed E-state index contributed by atoms with van der Waals surface area (Å²) < 4.78 is 21.6. The molecule has 3 N–H and O–H groups in total. The van der Waals surface area contributed by atoms with E-state index >= 15 is 0 Å². The summed E-state index contributed by atoms with van der Waals surface area (Å²) in [6, 6.07) is 3.44. The first-order valence-corrected chi connectivity index (χ1v) is 12.0. The Morgan fingerprint density at radius 3 is 2.61 bits per heavy atom. The Balaban J connectivity index is 0.000000556. The van der Waals surface area contributed by atoms with Crippen LogP contribution in [0.25, 0.3) is 22.3 Å². The van der Waals surface area contributed by atoms with Crippen LogP contribution in [0.4, 0.5) is 4.39 Å². The van der Waals surface area contributed by atoms with Crippen molar-refractivity contribution in [2.75, 3.05) is 13.7 Å². The Kier molecular flexibility index (Phi) is 7.33. The van der Waals surface area contributed by atoms with Crippen LogP contribution in [0.15, 0.2) is 16.9 Å². The number of aromatic nitrogens is 2. The number of rotatable bonds is 6. The van der Waals surface area contributed by atoms with Gasteiger partial charge in [0.05, 0.1) is 30.1 Å². The summed E-state index contributed by atoms with van der Waals surface area (Å²) >= 11 is 0. The number of amides is 1. The Bertz CT molecular complexity index is 1430. The highest BCUT2D eigenvalue weighted by molar-refractivity contribution is 5.92. The number of halogens is 1. The zero-order valence-electron chi connectivity index (χ0n) is 20.7. The zero-order chi connectivity index (χ0) is 26.1. The first kappa shape index (κ1) is 25.7. The van der Waals surface area contributed by atoms with E-state index in [1.807, 2.05) is 19.9 Å². The number of hydrogen-bond donors (Lipinski definition) is 2. The highest BCUT2D eigenvalue weighted by Gasteiger charge is 2.31. The zero-order valence-corrected chi connectivity index (χ0v) is 20.7. The van der Waals surface area contributed by atoms with Gasteiger partial charge in [-0.3, -0.25) is 9.59 Å². The molecule has 36 heavy (non-hydrogen) atoms. The molecule has 9 heteroatoms. The third-order valence-corrected chi connectivity index (χ3v) is 7.11. The molecule has 3 aromatic rings. The molecule has 1 amide bonds. The molecule has 2 aromatic heterocycles. The topological polar surface area (TPSA) is 125 Å². The molecule has 0 spiro atoms. The predicted molar refractivity (Wildman–Crippen MR) is 133 cm³/mol. The number of aliphatic hydroxyl groups is 1. The Labute approximate surface area is 207 Å². The molecular weight excluding hydrogens is 465 g/mol. The SMILES string of the molecule is CCC(C=O)c1cc2n(c(=O)c1COC)Cc1c-2nc2cc(F)c(C)c3c2c1CCC3.NC(=O)CO. The molecule has 2 aliphatic rings. The van der Waals surface area contributed by atoms with Gasteiger partial charge in [0.2, 0.25) is 5.91 Å². The minimum atomic E-state index is -0.690. The summed E-state index contributed by atoms with van der Waals surface area (Å²) in [5.74, 6) is -1.30. The first-order valence-electron chi connectivity index (χ1n) is 12.0. The number of aliphatic hydroxyl groups excluding tert-OH is 1. The van der Waals surface area contributed by atoms with Gasteiger partial charge in [-0.15, -0.1) is 0 Å². The van der Waals surface area contributed by atoms with Crippen LogP contribution in [-0.4, -0.2) is 40.6 Å². The van der Waals surface area contributed by atoms with Crippen LogP contribution in [0.1, 0.15) is 59.1 Å². The second-order valence-electron chi connectivity index (χ2n) is 9.19. The predicted octanol–water partition coefficient (Wildman–Crippen LogP) is 2.66. The summed E-state index contributed by atoms with van der Waals surface area (Å²) in [4.78, 5) is 39.4. The van der Waals surface area contributed by atoms with Gasteiger partial charge >= 0.3 is 0 Å². The van der Waals surface area contributed by atoms with E-state index in [-0.39, 0.29) is 23.9 Å². The number of hydrogen-bond acceptors (Lipinski definition) is 6. The van der Waals surface area contributed by atoms with Crippen molar-refractivity contribution in [3.05, 3.63) is 61.7 Å². The molecule has 0 saturated heterocycles. The van der Waals surface area contributed by atoms with E-state index in [1.54, 1.807) is 11.7 Å². The molecule has 1 unspecified atom stereocenters. The molecule has 0 bridgehead atoms. The number of nitrogens with zero attached hydrogens (tertiary/aromatic N) is 2. The number of pyridine rings is 2. The summed E-state index contributed by atoms with van der Waals surface area (Å²) in [7, 11) is 1.55. The van der Waals surface area contributed by atoms with Gasteiger partial charge in [-0.25, -0.2) is 9.37 Å². The van der Waals surface area contributed by atoms with E-state index in [2.05, 4.69) is 5.73 Å². The first-order chi connectivity index (χ1) is 17.3. The molecule has 0 saturated carbocycles. The number of nitrogens with two attached hydrogens (primary N) is 1. The van der Waals surface area contributed by atoms with Gasteiger partial charge < -0.3 is 24.9 Å². The number of methoxy groups -OCH3 is 1. The molecule has 1 aromatic carbocycles. The largest absolute Gasteiger partial charge is 0.387 e. The lowest BCUT2D eigenvalue weighted by atomic mass is 9.85. The Hall–Kier alpha value is -3.43. The Morgan fingerprint density at radius 2 is 2.00 bits per heavy atom. The summed E-state index contributed by atoms with van der Waals surface area (Å²) in [5.41, 5.74) is 11.6. The minimum Gasteiger partial charge on any atom is -0.387 e. The van der Waals surface area contributed by atoms with Gasteiger partial charge in [0.25, 0.3) is 5.56 Å². The standard InChI is InChI=1S/C25H25FN2O3.C2H5NO2/c1-4-14(11-29)17-8-22-24-18(10-28(22)25(30)19(17)12-31-3)16-7-5-6-15-13(2)20(26)9-21(27-24)23(15)16;3-2(5)1-4/h8-9,11,14H,4-7,10,12H2,1-3H3;4H,1H2,(H2,3,5). The number of carbonyl (C=O) groups excluding carboxylic acids is 2. The molecule has 5 rings (SSSR count). The van der Waals surface area contributed by atoms with Crippen LogP contribution >= 0.6 is 0 Å². The van der Waals surface area contributed by atoms with E-state index < -0.39 is 12.5 Å². The number of aldehydes is 1. The minimum absolute atomic E-state index is 0.137. The second kappa shape index (κ2) is 10.3. The molecule has 1 aliphatic heterocycles. The van der Waals surface area contributed by atoms with Gasteiger partial charge in [0, 0.05) is 35.6 Å². The van der Waals surface area contributed by atoms with Crippen LogP contribution in [0.5, 0.6) is 0 Å². The molecule has 3 heterocycles. The third-order valence-electron chi connectivity index (χ3n) is 7.11. The van der Waals surface area contributed by atoms with Crippen molar-refractivity contribution >= 4 is 23.1 Å². The molecule has 1 aliphatic carbocycles. The monoisotopic (exact) mass is 495 g/mol. The number of ether oxygens (including phenoxy) is 1. The van der Waals surface area contributed by atoms with Gasteiger partial charge in [0.1, 0.15) is 18.7 Å². The van der Waals surface area contributed by atoms with Crippen LogP contribution in [-0.2, 0) is 40.3 Å². The molecule has 0 fully saturated rings. The van der Waals surface area contributed by atoms with Crippen molar-refractivity contribution in [3.8, 4) is 11.4 Å². The van der Waals surface area contributed by atoms with Crippen molar-refractivity contribution in [2.45, 2.75) is 58.6 Å². The highest BCUT2D eigenvalue weighted by Crippen LogP contribution is 2.41. The lowest BCUT2D eigenvalue weighted by Gasteiger charge is -2.21. The van der Waals surface area contributed by atoms with E-state index in [0.717, 1.165) is 47.8 Å². The maximum Gasteiger partial charge on any atom is 0.257 e. The van der Waals surface area contributed by atoms with Crippen LogP contribution < -0.4 is 11.3 Å². The summed E-state index contributed by atoms with van der Waals surface area (Å²) in [6.07, 6.45) is 4.19. The quantitative estimate of drug-likeness (QED) is 0.396. The highest BCUT2D eigenvalue weighted by atomic mass is 19.1. The van der Waals surface area contributed by atoms with Crippen LogP contribution in [0.2, 0.25) is 0 Å². The smallest absolute Gasteiger partial charge is 0.257 e. The number of benzene rings is 1. The lowest BCUT2D eigenvalue weighted by molar-refractivity contribution is -0.120. The molecule has 1 atom stereocenters. The van der Waals surface area contributed by atoms with Crippen molar-refractivity contribution in [3.63, 3.8) is 0 Å². The fourth-order valence-corrected chi connectivity index (χ4v) is 5.33. The van der Waals surface area contributed by atoms with Crippen molar-refractivity contribution in [2.24, 2.45) is 5.73 Å². The Morgan fingerprint density at radius 1 is 1.31 bits per heavy atom. The summed E-state index contributed by atoms with van der Waals surface area (Å²) in [5, 5.41) is 8.73. The maximum atomic E-state index is 14.6. The number of fused-ring (bicyclic) bond motifs is 4. The average molecular weight is 496 g/mol. The number of primary amides is 1. The van der Waals surface area contributed by atoms with E-state index in [9.17, 15) is 18.8 Å². The fourth-order valence-electron chi connectivity index (χ4n) is 5.33. The van der Waals surface area contributed by atoms with Crippen LogP contribution in [0, 0.1) is 12.7 Å². The average Bonchev–Trinajstić information content (AvgIpc) is 3.24. The lowest BCUT2D eigenvalue weighted by Crippen LogP contribution is -2.26. The van der Waals surface area contributed by atoms with Gasteiger partial charge in [-0.05, 0) is 60.9 Å². The van der Waals surface area contributed by atoms with E-state index in [4.69, 9.17) is 14.8 Å². The number of carbonyl (C=O) groups is 2. The van der Waals surface area contributed by atoms with Crippen LogP contribution in [0.3, 0.4) is 0 Å². The molecular formula is C27H30FN3O5. The van der Waals surface area contributed by atoms with Gasteiger partial charge in [-0.2, -0.15) is 0 Å². The molecule has 8 nitrogen and oxygen atoms in total. The van der Waals surface area contributed by atoms with E-state index in [1.165, 1.54) is 11.6 Å². The molecule has 190 valence electrons. The van der Waals surface area contributed by atoms with Gasteiger partial charge in [-0.1, -0.05) is 6.92 Å². The maximum absolute atomic E-state index is 14.6. The van der Waals surface area contributed by atoms with Gasteiger partial charge in [0.15, 0.2) is 0 Å². The fraction of sp³-hybridized carbons (Fsp3) is 0.407. The molecule has 0 radical (unpaired) electrons. The second-order valence-corrected chi connectivity index (χ2v) is 9.19. The van der Waals surface area contributed by atoms with Crippen molar-refractivity contribution in [1.29, 1.82) is 0 Å². The third kappa shape index (κ3) is 4.22. The normalized spacial score (nSPS) is 14.0.